The van der Waals surface area contributed by atoms with Gasteiger partial charge in [-0.2, -0.15) is 9.78 Å². The van der Waals surface area contributed by atoms with E-state index in [1.807, 2.05) is 0 Å². The molecule has 0 atom stereocenters. The van der Waals surface area contributed by atoms with Gasteiger partial charge in [-0.05, 0) is 45.0 Å². The third-order valence-electron chi connectivity index (χ3n) is 4.12. The molecule has 142 valence electrons. The normalized spacial score (nSPS) is 13.0. The Morgan fingerprint density at radius 2 is 1.76 bits per heavy atom. The van der Waals surface area contributed by atoms with Crippen LogP contribution >= 0.6 is 0 Å². The first-order valence-electron chi connectivity index (χ1n) is 8.29. The van der Waals surface area contributed by atoms with E-state index in [1.165, 1.54) is 0 Å². The fourth-order valence-corrected chi connectivity index (χ4v) is 2.69. The fourth-order valence-electron chi connectivity index (χ4n) is 1.75. The van der Waals surface area contributed by atoms with Crippen molar-refractivity contribution in [2.24, 2.45) is 0 Å². The largest absolute Gasteiger partial charge is 0.481 e. The van der Waals surface area contributed by atoms with Gasteiger partial charge >= 0.3 is 12.1 Å². The van der Waals surface area contributed by atoms with Crippen LogP contribution in [0.1, 0.15) is 52.9 Å². The van der Waals surface area contributed by atoms with Crippen LogP contribution in [0.2, 0.25) is 18.1 Å². The minimum absolute atomic E-state index is 0.0215. The summed E-state index contributed by atoms with van der Waals surface area (Å²) in [5.41, 5.74) is 0.121. The predicted molar refractivity (Wildman–Crippen MR) is 97.2 cm³/mol. The van der Waals surface area contributed by atoms with E-state index in [1.54, 1.807) is 26.8 Å². The van der Waals surface area contributed by atoms with Crippen LogP contribution in [0.3, 0.4) is 0 Å². The lowest BCUT2D eigenvalue weighted by Gasteiger charge is -2.36. The van der Waals surface area contributed by atoms with Crippen LogP contribution in [0.5, 0.6) is 0 Å². The summed E-state index contributed by atoms with van der Waals surface area (Å²) in [5.74, 6) is -1.01. The lowest BCUT2D eigenvalue weighted by atomic mass is 10.2. The third kappa shape index (κ3) is 6.28. The second kappa shape index (κ2) is 7.29. The molecule has 0 saturated heterocycles. The van der Waals surface area contributed by atoms with Gasteiger partial charge in [-0.15, -0.1) is 0 Å². The first kappa shape index (κ1) is 21.4. The van der Waals surface area contributed by atoms with Gasteiger partial charge in [0.25, 0.3) is 0 Å². The highest BCUT2D eigenvalue weighted by Crippen LogP contribution is 2.37. The van der Waals surface area contributed by atoms with Crippen molar-refractivity contribution in [3.8, 4) is 0 Å². The van der Waals surface area contributed by atoms with Crippen LogP contribution in [0, 0.1) is 0 Å². The van der Waals surface area contributed by atoms with Gasteiger partial charge in [-0.1, -0.05) is 20.8 Å². The molecule has 1 N–H and O–H groups in total. The van der Waals surface area contributed by atoms with Gasteiger partial charge in [0.15, 0.2) is 8.32 Å². The van der Waals surface area contributed by atoms with Crippen molar-refractivity contribution in [2.75, 3.05) is 0 Å². The number of carboxylic acid groups (broad SMARTS) is 1. The van der Waals surface area contributed by atoms with Crippen molar-refractivity contribution in [3.05, 3.63) is 17.5 Å². The highest BCUT2D eigenvalue weighted by atomic mass is 28.4. The van der Waals surface area contributed by atoms with Gasteiger partial charge in [-0.25, -0.2) is 4.79 Å². The minimum atomic E-state index is -2.02. The van der Waals surface area contributed by atoms with Gasteiger partial charge in [0, 0.05) is 0 Å². The molecule has 0 aromatic carbocycles. The molecule has 0 unspecified atom stereocenters. The zero-order valence-electron chi connectivity index (χ0n) is 16.5. The summed E-state index contributed by atoms with van der Waals surface area (Å²) >= 11 is 0. The average molecular weight is 371 g/mol. The van der Waals surface area contributed by atoms with Crippen LogP contribution in [-0.2, 0) is 27.0 Å². The Labute approximate surface area is 150 Å². The molecule has 0 aliphatic carbocycles. The molecule has 1 aromatic rings. The first-order valence-corrected chi connectivity index (χ1v) is 11.2. The van der Waals surface area contributed by atoms with E-state index in [4.69, 9.17) is 14.3 Å². The Bertz CT molecular complexity index is 638. The second-order valence-electron chi connectivity index (χ2n) is 8.64. The first-order chi connectivity index (χ1) is 11.1. The number of aliphatic carboxylic acids is 1. The predicted octanol–water partition coefficient (Wildman–Crippen LogP) is 3.82. The number of carbonyl (C=O) groups excluding carboxylic acids is 1. The molecule has 1 rings (SSSR count). The van der Waals surface area contributed by atoms with E-state index in [0.717, 1.165) is 4.68 Å². The van der Waals surface area contributed by atoms with Gasteiger partial charge in [0.2, 0.25) is 0 Å². The average Bonchev–Trinajstić information content (AvgIpc) is 2.75. The fraction of sp³-hybridized carbons (Fsp3) is 0.706. The van der Waals surface area contributed by atoms with Crippen molar-refractivity contribution in [1.82, 2.24) is 9.78 Å². The zero-order valence-corrected chi connectivity index (χ0v) is 17.5. The SMILES string of the molecule is CC(C)(C)OC(=O)n1nc(CC(=O)O)cc1CO[Si](C)(C)C(C)(C)C. The highest BCUT2D eigenvalue weighted by Gasteiger charge is 2.37. The summed E-state index contributed by atoms with van der Waals surface area (Å²) in [5, 5.41) is 13.1. The summed E-state index contributed by atoms with van der Waals surface area (Å²) in [7, 11) is -2.02. The lowest BCUT2D eigenvalue weighted by molar-refractivity contribution is -0.136. The van der Waals surface area contributed by atoms with Crippen molar-refractivity contribution in [1.29, 1.82) is 0 Å². The molecule has 1 aromatic heterocycles. The van der Waals surface area contributed by atoms with Gasteiger partial charge in [0.05, 0.1) is 24.4 Å². The molecule has 0 spiro atoms. The van der Waals surface area contributed by atoms with E-state index in [0.29, 0.717) is 11.4 Å². The van der Waals surface area contributed by atoms with Crippen LogP contribution in [0.15, 0.2) is 6.07 Å². The monoisotopic (exact) mass is 370 g/mol. The number of ether oxygens (including phenoxy) is 1. The number of hydrogen-bond acceptors (Lipinski definition) is 5. The highest BCUT2D eigenvalue weighted by molar-refractivity contribution is 6.74. The molecule has 7 nitrogen and oxygen atoms in total. The quantitative estimate of drug-likeness (QED) is 0.793. The number of rotatable bonds is 5. The maximum atomic E-state index is 12.4. The molecule has 0 bridgehead atoms. The number of hydrogen-bond donors (Lipinski definition) is 1. The maximum Gasteiger partial charge on any atom is 0.435 e. The summed E-state index contributed by atoms with van der Waals surface area (Å²) < 4.78 is 12.6. The smallest absolute Gasteiger partial charge is 0.435 e. The Morgan fingerprint density at radius 1 is 1.20 bits per heavy atom. The van der Waals surface area contributed by atoms with Crippen molar-refractivity contribution >= 4 is 20.4 Å². The van der Waals surface area contributed by atoms with Gasteiger partial charge in [0.1, 0.15) is 5.60 Å². The second-order valence-corrected chi connectivity index (χ2v) is 13.4. The van der Waals surface area contributed by atoms with Crippen LogP contribution in [0.25, 0.3) is 0 Å². The molecule has 0 radical (unpaired) electrons. The topological polar surface area (TPSA) is 90.7 Å². The van der Waals surface area contributed by atoms with Crippen LogP contribution in [0.4, 0.5) is 4.79 Å². The van der Waals surface area contributed by atoms with Gasteiger partial charge in [-0.3, -0.25) is 4.79 Å². The molecule has 0 fully saturated rings. The van der Waals surface area contributed by atoms with Crippen molar-refractivity contribution in [2.45, 2.75) is 78.3 Å². The van der Waals surface area contributed by atoms with E-state index in [2.05, 4.69) is 39.0 Å². The molecular weight excluding hydrogens is 340 g/mol. The van der Waals surface area contributed by atoms with Crippen LogP contribution in [-0.4, -0.2) is 40.9 Å². The molecular formula is C17H30N2O5Si. The van der Waals surface area contributed by atoms with Gasteiger partial charge < -0.3 is 14.3 Å². The molecule has 0 aliphatic rings. The Hall–Kier alpha value is -1.67. The Kier molecular flexibility index (Phi) is 6.23. The summed E-state index contributed by atoms with van der Waals surface area (Å²) in [6.07, 6.45) is -0.902. The maximum absolute atomic E-state index is 12.4. The van der Waals surface area contributed by atoms with Crippen LogP contribution < -0.4 is 0 Å². The number of carboxylic acids is 1. The number of nitrogens with zero attached hydrogens (tertiary/aromatic N) is 2. The summed E-state index contributed by atoms with van der Waals surface area (Å²) in [6, 6.07) is 1.59. The third-order valence-corrected chi connectivity index (χ3v) is 8.60. The summed E-state index contributed by atoms with van der Waals surface area (Å²) in [4.78, 5) is 23.3. The molecule has 0 saturated carbocycles. The van der Waals surface area contributed by atoms with E-state index in [9.17, 15) is 9.59 Å². The van der Waals surface area contributed by atoms with Crippen molar-refractivity contribution < 1.29 is 23.9 Å². The molecule has 25 heavy (non-hydrogen) atoms. The van der Waals surface area contributed by atoms with E-state index in [-0.39, 0.29) is 18.1 Å². The number of aromatic nitrogens is 2. The Balaban J connectivity index is 3.09. The molecule has 1 heterocycles. The molecule has 0 amide bonds. The zero-order chi connectivity index (χ0) is 19.6. The van der Waals surface area contributed by atoms with E-state index < -0.39 is 26.0 Å². The summed E-state index contributed by atoms with van der Waals surface area (Å²) in [6.45, 7) is 16.1. The standard InChI is InChI=1S/C17H30N2O5Si/c1-16(2,3)24-15(22)19-13(9-12(18-19)10-14(20)21)11-23-25(7,8)17(4,5)6/h9H,10-11H2,1-8H3,(H,20,21). The number of carbonyl (C=O) groups is 2. The Morgan fingerprint density at radius 3 is 2.20 bits per heavy atom. The van der Waals surface area contributed by atoms with Crippen molar-refractivity contribution in [3.63, 3.8) is 0 Å². The lowest BCUT2D eigenvalue weighted by Crippen LogP contribution is -2.40. The molecule has 8 heteroatoms. The minimum Gasteiger partial charge on any atom is -0.481 e. The molecule has 0 aliphatic heterocycles. The van der Waals surface area contributed by atoms with E-state index >= 15 is 0 Å².